The molecule has 1 unspecified atom stereocenters. The summed E-state index contributed by atoms with van der Waals surface area (Å²) in [5.74, 6) is 1.08. The molecular formula is C17H21N3O. The second kappa shape index (κ2) is 5.72. The Morgan fingerprint density at radius 3 is 2.86 bits per heavy atom. The van der Waals surface area contributed by atoms with Gasteiger partial charge in [-0.1, -0.05) is 19.1 Å². The van der Waals surface area contributed by atoms with Crippen LogP contribution in [0.15, 0.2) is 24.3 Å². The molecule has 0 spiro atoms. The summed E-state index contributed by atoms with van der Waals surface area (Å²) in [6.07, 6.45) is 3.52. The van der Waals surface area contributed by atoms with Gasteiger partial charge in [-0.2, -0.15) is 0 Å². The fourth-order valence-corrected chi connectivity index (χ4v) is 2.92. The van der Waals surface area contributed by atoms with Gasteiger partial charge in [0.1, 0.15) is 5.82 Å². The van der Waals surface area contributed by atoms with Crippen molar-refractivity contribution in [2.75, 3.05) is 5.32 Å². The number of imidazole rings is 1. The van der Waals surface area contributed by atoms with Crippen LogP contribution in [-0.4, -0.2) is 15.9 Å². The summed E-state index contributed by atoms with van der Waals surface area (Å²) in [6, 6.07) is 8.08. The van der Waals surface area contributed by atoms with E-state index in [0.29, 0.717) is 0 Å². The van der Waals surface area contributed by atoms with Crippen LogP contribution in [0.4, 0.5) is 5.69 Å². The Labute approximate surface area is 125 Å². The molecule has 0 aliphatic heterocycles. The first-order valence-electron chi connectivity index (χ1n) is 7.60. The standard InChI is InChI=1S/C17H21N3O/c1-3-12-4-7-14(8-5-12)20-17(21)13-6-9-15-16(10-13)19-11(2)18-15/h4-5,7-8,13H,3,6,9-10H2,1-2H3,(H,18,19)(H,20,21). The highest BCUT2D eigenvalue weighted by Crippen LogP contribution is 2.25. The zero-order chi connectivity index (χ0) is 14.8. The highest BCUT2D eigenvalue weighted by atomic mass is 16.1. The molecule has 21 heavy (non-hydrogen) atoms. The Bertz CT molecular complexity index is 643. The van der Waals surface area contributed by atoms with Gasteiger partial charge < -0.3 is 10.3 Å². The predicted octanol–water partition coefficient (Wildman–Crippen LogP) is 3.02. The lowest BCUT2D eigenvalue weighted by molar-refractivity contribution is -0.120. The summed E-state index contributed by atoms with van der Waals surface area (Å²) in [5.41, 5.74) is 4.41. The van der Waals surface area contributed by atoms with Crippen molar-refractivity contribution >= 4 is 11.6 Å². The van der Waals surface area contributed by atoms with Gasteiger partial charge in [0.15, 0.2) is 0 Å². The summed E-state index contributed by atoms with van der Waals surface area (Å²) in [4.78, 5) is 20.1. The smallest absolute Gasteiger partial charge is 0.227 e. The fourth-order valence-electron chi connectivity index (χ4n) is 2.92. The number of benzene rings is 1. The average Bonchev–Trinajstić information content (AvgIpc) is 2.87. The van der Waals surface area contributed by atoms with E-state index < -0.39 is 0 Å². The Morgan fingerprint density at radius 2 is 2.14 bits per heavy atom. The summed E-state index contributed by atoms with van der Waals surface area (Å²) in [5, 5.41) is 3.03. The number of hydrogen-bond donors (Lipinski definition) is 2. The molecule has 1 atom stereocenters. The van der Waals surface area contributed by atoms with Crippen LogP contribution in [0, 0.1) is 12.8 Å². The van der Waals surface area contributed by atoms with E-state index in [4.69, 9.17) is 0 Å². The minimum Gasteiger partial charge on any atom is -0.346 e. The van der Waals surface area contributed by atoms with Crippen LogP contribution >= 0.6 is 0 Å². The largest absolute Gasteiger partial charge is 0.346 e. The highest BCUT2D eigenvalue weighted by molar-refractivity contribution is 5.92. The number of amides is 1. The van der Waals surface area contributed by atoms with Crippen LogP contribution in [0.3, 0.4) is 0 Å². The molecule has 2 aromatic rings. The summed E-state index contributed by atoms with van der Waals surface area (Å²) in [7, 11) is 0. The molecular weight excluding hydrogens is 262 g/mol. The highest BCUT2D eigenvalue weighted by Gasteiger charge is 2.26. The van der Waals surface area contributed by atoms with Gasteiger partial charge in [0, 0.05) is 23.7 Å². The van der Waals surface area contributed by atoms with Crippen LogP contribution in [0.5, 0.6) is 0 Å². The maximum atomic E-state index is 12.4. The molecule has 4 nitrogen and oxygen atoms in total. The molecule has 0 saturated carbocycles. The summed E-state index contributed by atoms with van der Waals surface area (Å²) < 4.78 is 0. The van der Waals surface area contributed by atoms with Crippen LogP contribution in [0.2, 0.25) is 0 Å². The van der Waals surface area contributed by atoms with E-state index >= 15 is 0 Å². The number of aryl methyl sites for hydroxylation is 3. The number of aromatic nitrogens is 2. The minimum absolute atomic E-state index is 0.0307. The van der Waals surface area contributed by atoms with Crippen molar-refractivity contribution in [1.29, 1.82) is 0 Å². The van der Waals surface area contributed by atoms with Crippen LogP contribution < -0.4 is 5.32 Å². The SMILES string of the molecule is CCc1ccc(NC(=O)C2CCc3nc(C)[nH]c3C2)cc1. The Kier molecular flexibility index (Phi) is 3.78. The molecule has 1 aromatic carbocycles. The molecule has 2 N–H and O–H groups in total. The topological polar surface area (TPSA) is 57.8 Å². The van der Waals surface area contributed by atoms with Crippen molar-refractivity contribution in [3.63, 3.8) is 0 Å². The van der Waals surface area contributed by atoms with E-state index in [-0.39, 0.29) is 11.8 Å². The lowest BCUT2D eigenvalue weighted by atomic mass is 9.89. The van der Waals surface area contributed by atoms with Gasteiger partial charge in [-0.3, -0.25) is 4.79 Å². The molecule has 0 fully saturated rings. The maximum Gasteiger partial charge on any atom is 0.227 e. The normalized spacial score (nSPS) is 17.3. The molecule has 4 heteroatoms. The number of rotatable bonds is 3. The summed E-state index contributed by atoms with van der Waals surface area (Å²) in [6.45, 7) is 4.09. The number of carbonyl (C=O) groups is 1. The molecule has 0 saturated heterocycles. The third-order valence-electron chi connectivity index (χ3n) is 4.16. The van der Waals surface area contributed by atoms with Crippen molar-refractivity contribution in [3.05, 3.63) is 47.0 Å². The number of carbonyl (C=O) groups excluding carboxylic acids is 1. The Morgan fingerprint density at radius 1 is 1.38 bits per heavy atom. The van der Waals surface area contributed by atoms with Crippen molar-refractivity contribution in [3.8, 4) is 0 Å². The molecule has 0 bridgehead atoms. The van der Waals surface area contributed by atoms with Gasteiger partial charge in [-0.05, 0) is 43.9 Å². The lowest BCUT2D eigenvalue weighted by Gasteiger charge is -2.20. The van der Waals surface area contributed by atoms with Crippen LogP contribution in [-0.2, 0) is 24.1 Å². The molecule has 1 aliphatic rings. The zero-order valence-corrected chi connectivity index (χ0v) is 12.6. The first-order valence-corrected chi connectivity index (χ1v) is 7.60. The number of fused-ring (bicyclic) bond motifs is 1. The molecule has 3 rings (SSSR count). The first-order chi connectivity index (χ1) is 10.2. The van der Waals surface area contributed by atoms with Crippen molar-refractivity contribution in [2.24, 2.45) is 5.92 Å². The van der Waals surface area contributed by atoms with E-state index in [1.54, 1.807) is 0 Å². The van der Waals surface area contributed by atoms with E-state index in [0.717, 1.165) is 48.6 Å². The quantitative estimate of drug-likeness (QED) is 0.909. The fraction of sp³-hybridized carbons (Fsp3) is 0.412. The maximum absolute atomic E-state index is 12.4. The van der Waals surface area contributed by atoms with Gasteiger partial charge in [-0.25, -0.2) is 4.98 Å². The van der Waals surface area contributed by atoms with E-state index in [9.17, 15) is 4.79 Å². The van der Waals surface area contributed by atoms with Gasteiger partial charge in [-0.15, -0.1) is 0 Å². The van der Waals surface area contributed by atoms with Crippen LogP contribution in [0.25, 0.3) is 0 Å². The Balaban J connectivity index is 1.66. The molecule has 110 valence electrons. The van der Waals surface area contributed by atoms with E-state index in [1.165, 1.54) is 5.56 Å². The molecule has 1 amide bonds. The molecule has 1 heterocycles. The number of aromatic amines is 1. The zero-order valence-electron chi connectivity index (χ0n) is 12.6. The molecule has 0 radical (unpaired) electrons. The second-order valence-corrected chi connectivity index (χ2v) is 5.73. The molecule has 1 aliphatic carbocycles. The predicted molar refractivity (Wildman–Crippen MR) is 83.3 cm³/mol. The Hall–Kier alpha value is -2.10. The number of hydrogen-bond acceptors (Lipinski definition) is 2. The van der Waals surface area contributed by atoms with E-state index in [1.807, 2.05) is 19.1 Å². The monoisotopic (exact) mass is 283 g/mol. The molecule has 1 aromatic heterocycles. The van der Waals surface area contributed by atoms with Crippen molar-refractivity contribution in [2.45, 2.75) is 39.5 Å². The lowest BCUT2D eigenvalue weighted by Crippen LogP contribution is -2.28. The van der Waals surface area contributed by atoms with Gasteiger partial charge in [0.2, 0.25) is 5.91 Å². The van der Waals surface area contributed by atoms with Gasteiger partial charge in [0.05, 0.1) is 5.69 Å². The minimum atomic E-state index is 0.0307. The average molecular weight is 283 g/mol. The van der Waals surface area contributed by atoms with Crippen LogP contribution in [0.1, 0.15) is 36.1 Å². The first kappa shape index (κ1) is 13.9. The van der Waals surface area contributed by atoms with E-state index in [2.05, 4.69) is 34.3 Å². The summed E-state index contributed by atoms with van der Waals surface area (Å²) >= 11 is 0. The number of nitrogens with zero attached hydrogens (tertiary/aromatic N) is 1. The van der Waals surface area contributed by atoms with Crippen molar-refractivity contribution in [1.82, 2.24) is 9.97 Å². The van der Waals surface area contributed by atoms with Crippen molar-refractivity contribution < 1.29 is 4.79 Å². The number of H-pyrrole nitrogens is 1. The van der Waals surface area contributed by atoms with Gasteiger partial charge in [0.25, 0.3) is 0 Å². The second-order valence-electron chi connectivity index (χ2n) is 5.73. The van der Waals surface area contributed by atoms with Gasteiger partial charge >= 0.3 is 0 Å². The third-order valence-corrected chi connectivity index (χ3v) is 4.16. The number of anilines is 1. The third kappa shape index (κ3) is 2.99. The number of nitrogens with one attached hydrogen (secondary N) is 2.